The molecule has 3 aromatic rings. The minimum atomic E-state index is 0.494. The molecule has 0 radical (unpaired) electrons. The Kier molecular flexibility index (Phi) is 3.78. The normalized spacial score (nSPS) is 22.5. The molecule has 1 aromatic carbocycles. The largest absolute Gasteiger partial charge is 0.384 e. The molecule has 3 aliphatic heterocycles. The molecule has 134 valence electrons. The van der Waals surface area contributed by atoms with Crippen LogP contribution >= 0.6 is 0 Å². The van der Waals surface area contributed by atoms with E-state index in [4.69, 9.17) is 4.98 Å². The van der Waals surface area contributed by atoms with E-state index < -0.39 is 0 Å². The van der Waals surface area contributed by atoms with Gasteiger partial charge < -0.3 is 15.5 Å². The molecule has 0 amide bonds. The molecule has 3 aliphatic rings. The molecule has 0 unspecified atom stereocenters. The molecular weight excluding hydrogens is 324 g/mol. The van der Waals surface area contributed by atoms with Crippen LogP contribution in [0, 0.1) is 6.92 Å². The van der Waals surface area contributed by atoms with Gasteiger partial charge in [-0.2, -0.15) is 5.10 Å². The standard InChI is InChI=1S/C20H24N6/c1-14-2-3-16-12-17(14)18-13-22-26-10-6-19(24-20(18)26)23-15-4-8-25(9-5-15)11-7-21-16/h2-3,6,10,12-13,15,21H,4-5,7-9,11H2,1H3,(H,23,24). The van der Waals surface area contributed by atoms with Crippen molar-refractivity contribution in [2.24, 2.45) is 0 Å². The molecule has 5 heterocycles. The zero-order valence-corrected chi connectivity index (χ0v) is 15.1. The van der Waals surface area contributed by atoms with Gasteiger partial charge in [0.1, 0.15) is 5.82 Å². The number of hydrogen-bond donors (Lipinski definition) is 2. The van der Waals surface area contributed by atoms with E-state index in [-0.39, 0.29) is 0 Å². The molecule has 0 saturated carbocycles. The average molecular weight is 348 g/mol. The Hall–Kier alpha value is -2.60. The van der Waals surface area contributed by atoms with Crippen molar-refractivity contribution in [1.82, 2.24) is 19.5 Å². The molecule has 2 N–H and O–H groups in total. The third-order valence-electron chi connectivity index (χ3n) is 5.59. The molecule has 2 aromatic heterocycles. The maximum Gasteiger partial charge on any atom is 0.165 e. The van der Waals surface area contributed by atoms with Crippen molar-refractivity contribution >= 4 is 17.2 Å². The predicted octanol–water partition coefficient (Wildman–Crippen LogP) is 3.01. The number of hydrogen-bond acceptors (Lipinski definition) is 5. The Morgan fingerprint density at radius 3 is 2.85 bits per heavy atom. The first-order valence-corrected chi connectivity index (χ1v) is 9.44. The lowest BCUT2D eigenvalue weighted by Gasteiger charge is -2.32. The molecule has 1 fully saturated rings. The second kappa shape index (κ2) is 6.29. The van der Waals surface area contributed by atoms with Gasteiger partial charge in [-0.25, -0.2) is 9.50 Å². The van der Waals surface area contributed by atoms with Crippen molar-refractivity contribution in [3.8, 4) is 11.1 Å². The molecule has 6 rings (SSSR count). The van der Waals surface area contributed by atoms with Gasteiger partial charge in [0.25, 0.3) is 0 Å². The molecule has 0 atom stereocenters. The molecule has 0 spiro atoms. The number of rotatable bonds is 0. The Morgan fingerprint density at radius 1 is 1.08 bits per heavy atom. The van der Waals surface area contributed by atoms with Crippen LogP contribution in [-0.4, -0.2) is 51.7 Å². The fourth-order valence-electron chi connectivity index (χ4n) is 4.03. The van der Waals surface area contributed by atoms with Crippen LogP contribution in [0.4, 0.5) is 11.5 Å². The Bertz CT molecular complexity index is 939. The van der Waals surface area contributed by atoms with E-state index in [1.54, 1.807) is 0 Å². The minimum absolute atomic E-state index is 0.494. The van der Waals surface area contributed by atoms with Crippen molar-refractivity contribution in [3.63, 3.8) is 0 Å². The number of aryl methyl sites for hydroxylation is 1. The molecule has 1 saturated heterocycles. The number of fused-ring (bicyclic) bond motifs is 4. The minimum Gasteiger partial charge on any atom is -0.384 e. The number of nitrogens with zero attached hydrogens (tertiary/aromatic N) is 4. The lowest BCUT2D eigenvalue weighted by molar-refractivity contribution is 0.226. The second-order valence-electron chi connectivity index (χ2n) is 7.36. The van der Waals surface area contributed by atoms with Gasteiger partial charge in [0.2, 0.25) is 0 Å². The van der Waals surface area contributed by atoms with E-state index in [0.29, 0.717) is 6.04 Å². The van der Waals surface area contributed by atoms with Crippen LogP contribution in [0.15, 0.2) is 36.7 Å². The van der Waals surface area contributed by atoms with Crippen LogP contribution in [0.1, 0.15) is 18.4 Å². The first kappa shape index (κ1) is 15.6. The van der Waals surface area contributed by atoms with Crippen molar-refractivity contribution in [1.29, 1.82) is 0 Å². The molecule has 0 aliphatic carbocycles. The van der Waals surface area contributed by atoms with Crippen LogP contribution in [-0.2, 0) is 0 Å². The van der Waals surface area contributed by atoms with Crippen molar-refractivity contribution in [2.45, 2.75) is 25.8 Å². The smallest absolute Gasteiger partial charge is 0.165 e. The van der Waals surface area contributed by atoms with Gasteiger partial charge >= 0.3 is 0 Å². The van der Waals surface area contributed by atoms with Crippen LogP contribution in [0.2, 0.25) is 0 Å². The van der Waals surface area contributed by atoms with E-state index in [1.807, 2.05) is 23.0 Å². The summed E-state index contributed by atoms with van der Waals surface area (Å²) in [6.45, 7) is 6.47. The zero-order chi connectivity index (χ0) is 17.5. The zero-order valence-electron chi connectivity index (χ0n) is 15.1. The second-order valence-corrected chi connectivity index (χ2v) is 7.36. The van der Waals surface area contributed by atoms with E-state index in [1.165, 1.54) is 11.1 Å². The summed E-state index contributed by atoms with van der Waals surface area (Å²) in [5.41, 5.74) is 5.57. The Balaban J connectivity index is 1.64. The van der Waals surface area contributed by atoms with Crippen molar-refractivity contribution < 1.29 is 0 Å². The van der Waals surface area contributed by atoms with Gasteiger partial charge in [0, 0.05) is 49.7 Å². The highest BCUT2D eigenvalue weighted by atomic mass is 15.3. The summed E-state index contributed by atoms with van der Waals surface area (Å²) in [5.74, 6) is 0.944. The van der Waals surface area contributed by atoms with Crippen LogP contribution in [0.3, 0.4) is 0 Å². The summed E-state index contributed by atoms with van der Waals surface area (Å²) in [6.07, 6.45) is 6.24. The van der Waals surface area contributed by atoms with Gasteiger partial charge in [0.15, 0.2) is 5.65 Å². The highest BCUT2D eigenvalue weighted by Gasteiger charge is 2.20. The number of nitrogens with one attached hydrogen (secondary N) is 2. The number of aromatic nitrogens is 3. The maximum absolute atomic E-state index is 4.89. The third-order valence-corrected chi connectivity index (χ3v) is 5.59. The summed E-state index contributed by atoms with van der Waals surface area (Å²) < 4.78 is 1.86. The van der Waals surface area contributed by atoms with Gasteiger partial charge in [0.05, 0.1) is 6.20 Å². The number of anilines is 2. The summed E-state index contributed by atoms with van der Waals surface area (Å²) in [4.78, 5) is 7.44. The van der Waals surface area contributed by atoms with E-state index in [9.17, 15) is 0 Å². The summed E-state index contributed by atoms with van der Waals surface area (Å²) in [7, 11) is 0. The van der Waals surface area contributed by atoms with E-state index in [2.05, 4.69) is 45.8 Å². The lowest BCUT2D eigenvalue weighted by atomic mass is 10.0. The highest BCUT2D eigenvalue weighted by molar-refractivity contribution is 5.81. The van der Waals surface area contributed by atoms with Gasteiger partial charge in [-0.3, -0.25) is 0 Å². The predicted molar refractivity (Wildman–Crippen MR) is 105 cm³/mol. The van der Waals surface area contributed by atoms with E-state index in [0.717, 1.165) is 61.7 Å². The third kappa shape index (κ3) is 2.80. The lowest BCUT2D eigenvalue weighted by Crippen LogP contribution is -2.41. The summed E-state index contributed by atoms with van der Waals surface area (Å²) in [5, 5.41) is 11.7. The average Bonchev–Trinajstić information content (AvgIpc) is 3.07. The first-order chi connectivity index (χ1) is 12.8. The Morgan fingerprint density at radius 2 is 1.96 bits per heavy atom. The SMILES string of the molecule is Cc1ccc2cc1-c1cnn3ccc(nc13)NC1CCN(CCN2)CC1. The highest BCUT2D eigenvalue weighted by Crippen LogP contribution is 2.30. The summed E-state index contributed by atoms with van der Waals surface area (Å²) >= 11 is 0. The number of piperidine rings is 1. The fraction of sp³-hybridized carbons (Fsp3) is 0.400. The first-order valence-electron chi connectivity index (χ1n) is 9.44. The topological polar surface area (TPSA) is 57.5 Å². The molecule has 6 bridgehead atoms. The van der Waals surface area contributed by atoms with Crippen LogP contribution < -0.4 is 10.6 Å². The van der Waals surface area contributed by atoms with Crippen LogP contribution in [0.5, 0.6) is 0 Å². The number of benzene rings is 1. The van der Waals surface area contributed by atoms with Gasteiger partial charge in [-0.05, 0) is 49.1 Å². The quantitative estimate of drug-likeness (QED) is 0.654. The van der Waals surface area contributed by atoms with Crippen LogP contribution in [0.25, 0.3) is 16.8 Å². The maximum atomic E-state index is 4.89. The molecule has 6 nitrogen and oxygen atoms in total. The summed E-state index contributed by atoms with van der Waals surface area (Å²) in [6, 6.07) is 9.08. The van der Waals surface area contributed by atoms with Crippen molar-refractivity contribution in [3.05, 3.63) is 42.2 Å². The van der Waals surface area contributed by atoms with Gasteiger partial charge in [-0.1, -0.05) is 6.07 Å². The van der Waals surface area contributed by atoms with Crippen molar-refractivity contribution in [2.75, 3.05) is 36.8 Å². The van der Waals surface area contributed by atoms with E-state index >= 15 is 0 Å². The monoisotopic (exact) mass is 348 g/mol. The molecule has 26 heavy (non-hydrogen) atoms. The molecule has 6 heteroatoms. The Labute approximate surface area is 153 Å². The molecular formula is C20H24N6. The fourth-order valence-corrected chi connectivity index (χ4v) is 4.03. The van der Waals surface area contributed by atoms with Gasteiger partial charge in [-0.15, -0.1) is 0 Å².